The van der Waals surface area contributed by atoms with Crippen molar-refractivity contribution in [1.29, 1.82) is 0 Å². The number of ether oxygens (including phenoxy) is 2. The second-order valence-corrected chi connectivity index (χ2v) is 8.16. The predicted molar refractivity (Wildman–Crippen MR) is 121 cm³/mol. The molecule has 1 unspecified atom stereocenters. The zero-order chi connectivity index (χ0) is 21.5. The molecule has 3 rings (SSSR count). The van der Waals surface area contributed by atoms with Gasteiger partial charge in [0.25, 0.3) is 5.56 Å². The van der Waals surface area contributed by atoms with E-state index in [1.165, 1.54) is 11.3 Å². The second-order valence-electron chi connectivity index (χ2n) is 7.25. The molecular formula is C23H28N2O4S. The van der Waals surface area contributed by atoms with Crippen LogP contribution in [0.3, 0.4) is 0 Å². The van der Waals surface area contributed by atoms with E-state index in [2.05, 4.69) is 12.2 Å². The first kappa shape index (κ1) is 22.1. The smallest absolute Gasteiger partial charge is 0.343 e. The monoisotopic (exact) mass is 428 g/mol. The molecule has 3 aromatic rings. The molecule has 0 aliphatic rings. The number of benzene rings is 1. The van der Waals surface area contributed by atoms with Gasteiger partial charge in [0.05, 0.1) is 16.8 Å². The van der Waals surface area contributed by atoms with Crippen molar-refractivity contribution < 1.29 is 14.3 Å². The van der Waals surface area contributed by atoms with Gasteiger partial charge in [-0.25, -0.2) is 4.79 Å². The van der Waals surface area contributed by atoms with Gasteiger partial charge in [0, 0.05) is 6.54 Å². The third-order valence-electron chi connectivity index (χ3n) is 4.92. The average molecular weight is 429 g/mol. The molecule has 0 aliphatic heterocycles. The van der Waals surface area contributed by atoms with Gasteiger partial charge in [0.15, 0.2) is 0 Å². The zero-order valence-corrected chi connectivity index (χ0v) is 18.5. The maximum atomic E-state index is 13.5. The normalized spacial score (nSPS) is 12.1. The van der Waals surface area contributed by atoms with Gasteiger partial charge in [0.1, 0.15) is 12.2 Å². The molecule has 2 heterocycles. The lowest BCUT2D eigenvalue weighted by atomic mass is 10.1. The van der Waals surface area contributed by atoms with Crippen molar-refractivity contribution in [3.8, 4) is 5.75 Å². The number of esters is 1. The summed E-state index contributed by atoms with van der Waals surface area (Å²) >= 11 is 1.42. The molecule has 1 aromatic carbocycles. The van der Waals surface area contributed by atoms with Crippen LogP contribution in [0.5, 0.6) is 5.75 Å². The van der Waals surface area contributed by atoms with Gasteiger partial charge < -0.3 is 19.4 Å². The lowest BCUT2D eigenvalue weighted by Gasteiger charge is -2.18. The number of fused-ring (bicyclic) bond motifs is 1. The summed E-state index contributed by atoms with van der Waals surface area (Å²) in [5.74, 6) is -0.178. The number of carbonyl (C=O) groups excluding carboxylic acids is 1. The van der Waals surface area contributed by atoms with E-state index in [4.69, 9.17) is 9.47 Å². The van der Waals surface area contributed by atoms with Crippen LogP contribution in [0.1, 0.15) is 36.2 Å². The van der Waals surface area contributed by atoms with Crippen LogP contribution in [-0.4, -0.2) is 30.7 Å². The molecule has 7 heteroatoms. The van der Waals surface area contributed by atoms with Gasteiger partial charge >= 0.3 is 5.97 Å². The molecular weight excluding hydrogens is 400 g/mol. The van der Waals surface area contributed by atoms with Gasteiger partial charge in [-0.15, -0.1) is 11.3 Å². The first-order valence-electron chi connectivity index (χ1n) is 10.2. The Morgan fingerprint density at radius 2 is 2.00 bits per heavy atom. The van der Waals surface area contributed by atoms with Crippen molar-refractivity contribution in [2.45, 2.75) is 33.4 Å². The minimum atomic E-state index is -0.527. The second kappa shape index (κ2) is 10.4. The number of nitrogens with one attached hydrogen (secondary N) is 1. The highest BCUT2D eigenvalue weighted by Gasteiger charge is 2.26. The molecule has 0 saturated heterocycles. The fraction of sp³-hybridized carbons (Fsp3) is 0.391. The molecule has 0 radical (unpaired) electrons. The van der Waals surface area contributed by atoms with E-state index in [9.17, 15) is 9.59 Å². The van der Waals surface area contributed by atoms with Crippen molar-refractivity contribution in [1.82, 2.24) is 9.88 Å². The average Bonchev–Trinajstić information content (AvgIpc) is 3.23. The van der Waals surface area contributed by atoms with Crippen molar-refractivity contribution in [3.63, 3.8) is 0 Å². The van der Waals surface area contributed by atoms with Crippen LogP contribution in [0.25, 0.3) is 10.2 Å². The highest BCUT2D eigenvalue weighted by molar-refractivity contribution is 7.17. The van der Waals surface area contributed by atoms with E-state index in [-0.39, 0.29) is 36.0 Å². The number of pyridine rings is 1. The fourth-order valence-electron chi connectivity index (χ4n) is 3.37. The fourth-order valence-corrected chi connectivity index (χ4v) is 4.30. The quantitative estimate of drug-likeness (QED) is 0.493. The first-order valence-corrected chi connectivity index (χ1v) is 11.1. The molecule has 0 spiro atoms. The lowest BCUT2D eigenvalue weighted by Crippen LogP contribution is -2.28. The third-order valence-corrected chi connectivity index (χ3v) is 5.84. The Bertz CT molecular complexity index is 1040. The molecule has 0 fully saturated rings. The van der Waals surface area contributed by atoms with Crippen LogP contribution >= 0.6 is 11.3 Å². The third kappa shape index (κ3) is 4.91. The molecule has 160 valence electrons. The molecule has 0 bridgehead atoms. The van der Waals surface area contributed by atoms with Crippen molar-refractivity contribution in [2.75, 3.05) is 20.2 Å². The molecule has 6 nitrogen and oxygen atoms in total. The maximum absolute atomic E-state index is 13.5. The highest BCUT2D eigenvalue weighted by Crippen LogP contribution is 2.31. The number of hydrogen-bond donors (Lipinski definition) is 1. The summed E-state index contributed by atoms with van der Waals surface area (Å²) in [6, 6.07) is 11.5. The largest absolute Gasteiger partial charge is 0.482 e. The van der Waals surface area contributed by atoms with E-state index in [1.54, 1.807) is 11.5 Å². The standard InChI is InChI=1S/C23H28N2O4S/c1-4-28-23(27)19-20(29-15-17-8-6-5-7-9-17)22(26)25(14-16(2)10-12-24-3)18-11-13-30-21(18)19/h5-9,11,13,16,24H,4,10,12,14-15H2,1-3H3. The van der Waals surface area contributed by atoms with E-state index in [1.807, 2.05) is 48.8 Å². The molecule has 30 heavy (non-hydrogen) atoms. The summed E-state index contributed by atoms with van der Waals surface area (Å²) in [4.78, 5) is 26.2. The van der Waals surface area contributed by atoms with E-state index >= 15 is 0 Å². The summed E-state index contributed by atoms with van der Waals surface area (Å²) in [6.07, 6.45) is 0.939. The summed E-state index contributed by atoms with van der Waals surface area (Å²) < 4.78 is 13.7. The first-order chi connectivity index (χ1) is 14.6. The SMILES string of the molecule is CCOC(=O)c1c(OCc2ccccc2)c(=O)n(CC(C)CCNC)c2ccsc12. The van der Waals surface area contributed by atoms with Gasteiger partial charge in [0.2, 0.25) is 5.75 Å². The Hall–Kier alpha value is -2.64. The van der Waals surface area contributed by atoms with Gasteiger partial charge in [-0.1, -0.05) is 37.3 Å². The van der Waals surface area contributed by atoms with Crippen molar-refractivity contribution >= 4 is 27.5 Å². The van der Waals surface area contributed by atoms with Crippen LogP contribution in [0.2, 0.25) is 0 Å². The number of aromatic nitrogens is 1. The minimum Gasteiger partial charge on any atom is -0.482 e. The Labute approximate surface area is 180 Å². The number of hydrogen-bond acceptors (Lipinski definition) is 6. The van der Waals surface area contributed by atoms with Crippen LogP contribution < -0.4 is 15.6 Å². The van der Waals surface area contributed by atoms with Gasteiger partial charge in [-0.2, -0.15) is 0 Å². The number of thiophene rings is 1. The van der Waals surface area contributed by atoms with Crippen LogP contribution in [-0.2, 0) is 17.9 Å². The van der Waals surface area contributed by atoms with E-state index in [0.717, 1.165) is 28.7 Å². The Morgan fingerprint density at radius 3 is 2.70 bits per heavy atom. The van der Waals surface area contributed by atoms with Gasteiger partial charge in [-0.05, 0) is 49.9 Å². The predicted octanol–water partition coefficient (Wildman–Crippen LogP) is 4.06. The van der Waals surface area contributed by atoms with E-state index < -0.39 is 5.97 Å². The topological polar surface area (TPSA) is 69.6 Å². The van der Waals surface area contributed by atoms with Crippen LogP contribution in [0.4, 0.5) is 0 Å². The number of carbonyl (C=O) groups is 1. The minimum absolute atomic E-state index is 0.0630. The molecule has 1 N–H and O–H groups in total. The van der Waals surface area contributed by atoms with Crippen molar-refractivity contribution in [2.24, 2.45) is 5.92 Å². The number of rotatable bonds is 10. The van der Waals surface area contributed by atoms with Crippen molar-refractivity contribution in [3.05, 3.63) is 63.3 Å². The van der Waals surface area contributed by atoms with E-state index in [0.29, 0.717) is 6.54 Å². The Balaban J connectivity index is 2.07. The summed E-state index contributed by atoms with van der Waals surface area (Å²) in [5.41, 5.74) is 1.60. The maximum Gasteiger partial charge on any atom is 0.343 e. The number of nitrogens with zero attached hydrogens (tertiary/aromatic N) is 1. The molecule has 0 amide bonds. The molecule has 2 aromatic heterocycles. The summed E-state index contributed by atoms with van der Waals surface area (Å²) in [6.45, 7) is 5.73. The highest BCUT2D eigenvalue weighted by atomic mass is 32.1. The molecule has 1 atom stereocenters. The Kier molecular flexibility index (Phi) is 7.65. The summed E-state index contributed by atoms with van der Waals surface area (Å²) in [5, 5.41) is 5.04. The van der Waals surface area contributed by atoms with Crippen LogP contribution in [0, 0.1) is 5.92 Å². The molecule has 0 aliphatic carbocycles. The zero-order valence-electron chi connectivity index (χ0n) is 17.6. The molecule has 0 saturated carbocycles. The Morgan fingerprint density at radius 1 is 1.23 bits per heavy atom. The summed E-state index contributed by atoms with van der Waals surface area (Å²) in [7, 11) is 1.92. The van der Waals surface area contributed by atoms with Crippen LogP contribution in [0.15, 0.2) is 46.6 Å². The lowest BCUT2D eigenvalue weighted by molar-refractivity contribution is 0.0523. The van der Waals surface area contributed by atoms with Gasteiger partial charge in [-0.3, -0.25) is 4.79 Å².